The smallest absolute Gasteiger partial charge is 0.0913 e. The normalized spacial score (nSPS) is 10.5. The van der Waals surface area contributed by atoms with Gasteiger partial charge < -0.3 is 5.73 Å². The summed E-state index contributed by atoms with van der Waals surface area (Å²) in [5.41, 5.74) is 9.80. The molecular weight excluding hydrogens is 200 g/mol. The molecule has 0 aliphatic rings. The van der Waals surface area contributed by atoms with E-state index in [0.717, 1.165) is 12.1 Å². The predicted molar refractivity (Wildman–Crippen MR) is 58.2 cm³/mol. The van der Waals surface area contributed by atoms with E-state index in [2.05, 4.69) is 21.8 Å². The first-order chi connectivity index (χ1) is 6.42. The molecule has 2 rings (SSSR count). The third kappa shape index (κ3) is 1.80. The second kappa shape index (κ2) is 4.00. The zero-order valence-corrected chi connectivity index (χ0v) is 8.70. The van der Waals surface area contributed by atoms with Crippen LogP contribution in [0.3, 0.4) is 0 Å². The Morgan fingerprint density at radius 1 is 1.46 bits per heavy atom. The number of hydrogen-bond acceptors (Lipinski definition) is 4. The first-order valence-electron chi connectivity index (χ1n) is 4.07. The lowest BCUT2D eigenvalue weighted by Gasteiger charge is -1.97. The van der Waals surface area contributed by atoms with Gasteiger partial charge in [0.05, 0.1) is 16.1 Å². The maximum absolute atomic E-state index is 5.53. The van der Waals surface area contributed by atoms with Gasteiger partial charge in [0.15, 0.2) is 0 Å². The van der Waals surface area contributed by atoms with E-state index in [1.165, 1.54) is 10.4 Å². The van der Waals surface area contributed by atoms with Crippen LogP contribution in [0, 0.1) is 0 Å². The minimum Gasteiger partial charge on any atom is -0.330 e. The first kappa shape index (κ1) is 8.87. The average Bonchev–Trinajstić information content (AvgIpc) is 2.71. The monoisotopic (exact) mass is 210 g/mol. The average molecular weight is 210 g/mol. The van der Waals surface area contributed by atoms with Crippen LogP contribution in [0.25, 0.3) is 10.6 Å². The van der Waals surface area contributed by atoms with E-state index in [9.17, 15) is 0 Å². The summed E-state index contributed by atoms with van der Waals surface area (Å²) in [4.78, 5) is 5.56. The van der Waals surface area contributed by atoms with Crippen LogP contribution >= 0.6 is 22.7 Å². The Labute approximate surface area is 85.1 Å². The zero-order valence-electron chi connectivity index (χ0n) is 7.06. The fraction of sp³-hybridized carbons (Fsp3) is 0.222. The molecule has 0 bridgehead atoms. The third-order valence-corrected chi connectivity index (χ3v) is 3.39. The minimum absolute atomic E-state index is 0.702. The Hall–Kier alpha value is -0.710. The van der Waals surface area contributed by atoms with Crippen molar-refractivity contribution in [2.24, 2.45) is 5.73 Å². The number of rotatable bonds is 3. The van der Waals surface area contributed by atoms with E-state index in [1.807, 2.05) is 5.51 Å². The molecule has 0 atom stereocenters. The molecule has 0 amide bonds. The molecule has 0 saturated carbocycles. The van der Waals surface area contributed by atoms with Crippen molar-refractivity contribution in [3.63, 3.8) is 0 Å². The molecule has 0 unspecified atom stereocenters. The third-order valence-electron chi connectivity index (χ3n) is 1.83. The largest absolute Gasteiger partial charge is 0.330 e. The number of thiazole rings is 1. The van der Waals surface area contributed by atoms with E-state index in [0.29, 0.717) is 6.54 Å². The van der Waals surface area contributed by atoms with Crippen molar-refractivity contribution in [1.82, 2.24) is 4.98 Å². The molecule has 0 saturated heterocycles. The number of nitrogens with zero attached hydrogens (tertiary/aromatic N) is 1. The van der Waals surface area contributed by atoms with Crippen molar-refractivity contribution in [2.75, 3.05) is 6.54 Å². The first-order valence-corrected chi connectivity index (χ1v) is 5.89. The van der Waals surface area contributed by atoms with Gasteiger partial charge in [-0.25, -0.2) is 4.98 Å². The van der Waals surface area contributed by atoms with E-state index >= 15 is 0 Å². The van der Waals surface area contributed by atoms with E-state index < -0.39 is 0 Å². The highest BCUT2D eigenvalue weighted by atomic mass is 32.1. The summed E-state index contributed by atoms with van der Waals surface area (Å²) < 4.78 is 0. The predicted octanol–water partition coefficient (Wildman–Crippen LogP) is 2.37. The van der Waals surface area contributed by atoms with Crippen LogP contribution in [0.2, 0.25) is 0 Å². The highest BCUT2D eigenvalue weighted by molar-refractivity contribution is 7.14. The van der Waals surface area contributed by atoms with Crippen LogP contribution in [-0.2, 0) is 6.42 Å². The summed E-state index contributed by atoms with van der Waals surface area (Å²) >= 11 is 3.36. The molecule has 0 spiro atoms. The maximum atomic E-state index is 5.53. The van der Waals surface area contributed by atoms with Gasteiger partial charge in [0.25, 0.3) is 0 Å². The number of nitrogens with two attached hydrogens (primary N) is 1. The van der Waals surface area contributed by atoms with Gasteiger partial charge in [0.1, 0.15) is 0 Å². The molecule has 2 heterocycles. The van der Waals surface area contributed by atoms with Gasteiger partial charge in [0, 0.05) is 5.38 Å². The molecular formula is C9H10N2S2. The van der Waals surface area contributed by atoms with Crippen molar-refractivity contribution in [3.8, 4) is 10.6 Å². The fourth-order valence-corrected chi connectivity index (χ4v) is 2.78. The van der Waals surface area contributed by atoms with Crippen LogP contribution in [-0.4, -0.2) is 11.5 Å². The van der Waals surface area contributed by atoms with Crippen LogP contribution in [0.15, 0.2) is 22.3 Å². The molecule has 68 valence electrons. The van der Waals surface area contributed by atoms with Gasteiger partial charge in [-0.2, -0.15) is 0 Å². The lowest BCUT2D eigenvalue weighted by molar-refractivity contribution is 0.975. The van der Waals surface area contributed by atoms with Crippen molar-refractivity contribution in [1.29, 1.82) is 0 Å². The Kier molecular flexibility index (Phi) is 2.73. The molecule has 0 fully saturated rings. The van der Waals surface area contributed by atoms with Crippen molar-refractivity contribution < 1.29 is 0 Å². The molecule has 2 aromatic heterocycles. The zero-order chi connectivity index (χ0) is 9.10. The quantitative estimate of drug-likeness (QED) is 0.844. The lowest BCUT2D eigenvalue weighted by atomic mass is 10.1. The molecule has 0 radical (unpaired) electrons. The van der Waals surface area contributed by atoms with Gasteiger partial charge in [0.2, 0.25) is 0 Å². The Bertz CT molecular complexity index is 365. The van der Waals surface area contributed by atoms with Crippen LogP contribution in [0.5, 0.6) is 0 Å². The molecule has 4 heteroatoms. The number of hydrogen-bond donors (Lipinski definition) is 1. The molecule has 13 heavy (non-hydrogen) atoms. The van der Waals surface area contributed by atoms with Crippen LogP contribution in [0.4, 0.5) is 0 Å². The van der Waals surface area contributed by atoms with E-state index in [4.69, 9.17) is 5.73 Å². The van der Waals surface area contributed by atoms with Gasteiger partial charge in [-0.15, -0.1) is 22.7 Å². The number of aromatic nitrogens is 1. The Morgan fingerprint density at radius 2 is 2.38 bits per heavy atom. The van der Waals surface area contributed by atoms with Crippen molar-refractivity contribution >= 4 is 22.7 Å². The fourth-order valence-electron chi connectivity index (χ4n) is 1.24. The Morgan fingerprint density at radius 3 is 3.08 bits per heavy atom. The standard InChI is InChI=1S/C9H10N2S2/c10-3-1-7-2-4-13-9(7)8-5-12-6-11-8/h2,4-6H,1,3,10H2. The molecule has 0 aliphatic carbocycles. The second-order valence-corrected chi connectivity index (χ2v) is 4.32. The van der Waals surface area contributed by atoms with E-state index in [-0.39, 0.29) is 0 Å². The summed E-state index contributed by atoms with van der Waals surface area (Å²) in [6.07, 6.45) is 0.941. The minimum atomic E-state index is 0.702. The highest BCUT2D eigenvalue weighted by Gasteiger charge is 2.07. The molecule has 2 nitrogen and oxygen atoms in total. The Balaban J connectivity index is 2.35. The summed E-state index contributed by atoms with van der Waals surface area (Å²) in [7, 11) is 0. The maximum Gasteiger partial charge on any atom is 0.0913 e. The summed E-state index contributed by atoms with van der Waals surface area (Å²) in [6.45, 7) is 0.702. The highest BCUT2D eigenvalue weighted by Crippen LogP contribution is 2.29. The van der Waals surface area contributed by atoms with Crippen LogP contribution in [0.1, 0.15) is 5.56 Å². The molecule has 2 N–H and O–H groups in total. The molecule has 2 aromatic rings. The summed E-state index contributed by atoms with van der Waals surface area (Å²) in [6, 6.07) is 2.13. The second-order valence-electron chi connectivity index (χ2n) is 2.69. The summed E-state index contributed by atoms with van der Waals surface area (Å²) in [5, 5.41) is 4.17. The lowest BCUT2D eigenvalue weighted by Crippen LogP contribution is -2.02. The molecule has 0 aliphatic heterocycles. The van der Waals surface area contributed by atoms with Gasteiger partial charge in [-0.1, -0.05) is 0 Å². The van der Waals surface area contributed by atoms with Crippen molar-refractivity contribution in [2.45, 2.75) is 6.42 Å². The van der Waals surface area contributed by atoms with Gasteiger partial charge in [-0.05, 0) is 30.0 Å². The van der Waals surface area contributed by atoms with E-state index in [1.54, 1.807) is 22.7 Å². The SMILES string of the molecule is NCCc1ccsc1-c1cscn1. The van der Waals surface area contributed by atoms with Crippen molar-refractivity contribution in [3.05, 3.63) is 27.9 Å². The van der Waals surface area contributed by atoms with Gasteiger partial charge in [-0.3, -0.25) is 0 Å². The van der Waals surface area contributed by atoms with Crippen LogP contribution < -0.4 is 5.73 Å². The topological polar surface area (TPSA) is 38.9 Å². The summed E-state index contributed by atoms with van der Waals surface area (Å²) in [5.74, 6) is 0. The molecule has 0 aromatic carbocycles. The van der Waals surface area contributed by atoms with Gasteiger partial charge >= 0.3 is 0 Å². The number of thiophene rings is 1.